The number of nitrogens with zero attached hydrogens (tertiary/aromatic N) is 3. The highest BCUT2D eigenvalue weighted by atomic mass is 16.1. The van der Waals surface area contributed by atoms with Crippen LogP contribution in [0.15, 0.2) is 59.5 Å². The lowest BCUT2D eigenvalue weighted by atomic mass is 10.1. The fourth-order valence-electron chi connectivity index (χ4n) is 4.69. The fraction of sp³-hybridized carbons (Fsp3) is 0.320. The molecule has 0 bridgehead atoms. The molecule has 31 heavy (non-hydrogen) atoms. The summed E-state index contributed by atoms with van der Waals surface area (Å²) in [5.41, 5.74) is 4.70. The van der Waals surface area contributed by atoms with E-state index in [4.69, 9.17) is 0 Å². The number of aromatic nitrogens is 2. The molecule has 1 fully saturated rings. The highest BCUT2D eigenvalue weighted by molar-refractivity contribution is 5.94. The zero-order valence-corrected chi connectivity index (χ0v) is 17.7. The van der Waals surface area contributed by atoms with Gasteiger partial charge in [0, 0.05) is 55.4 Å². The highest BCUT2D eigenvalue weighted by Gasteiger charge is 2.27. The number of pyridine rings is 2. The number of piperazine rings is 1. The second kappa shape index (κ2) is 8.12. The first-order valence-corrected chi connectivity index (χ1v) is 10.9. The van der Waals surface area contributed by atoms with E-state index >= 15 is 0 Å². The van der Waals surface area contributed by atoms with Gasteiger partial charge in [-0.05, 0) is 67.8 Å². The van der Waals surface area contributed by atoms with Gasteiger partial charge in [-0.15, -0.1) is 0 Å². The molecule has 0 spiro atoms. The van der Waals surface area contributed by atoms with Crippen molar-refractivity contribution in [1.29, 1.82) is 0 Å². The number of hydrogen-bond donors (Lipinski definition) is 1. The maximum Gasteiger partial charge on any atom is 0.257 e. The Morgan fingerprint density at radius 2 is 1.87 bits per heavy atom. The maximum atomic E-state index is 12.4. The van der Waals surface area contributed by atoms with E-state index in [9.17, 15) is 9.59 Å². The van der Waals surface area contributed by atoms with Crippen molar-refractivity contribution in [2.45, 2.75) is 25.8 Å². The van der Waals surface area contributed by atoms with Crippen LogP contribution in [0.3, 0.4) is 0 Å². The molecule has 2 aliphatic rings. The van der Waals surface area contributed by atoms with Gasteiger partial charge in [-0.3, -0.25) is 19.5 Å². The van der Waals surface area contributed by atoms with Gasteiger partial charge >= 0.3 is 0 Å². The largest absolute Gasteiger partial charge is 0.369 e. The van der Waals surface area contributed by atoms with Crippen molar-refractivity contribution in [3.8, 4) is 0 Å². The van der Waals surface area contributed by atoms with E-state index in [1.54, 1.807) is 19.2 Å². The second-order valence-corrected chi connectivity index (χ2v) is 8.37. The molecule has 1 N–H and O–H groups in total. The first kappa shape index (κ1) is 19.7. The third-order valence-electron chi connectivity index (χ3n) is 6.48. The lowest BCUT2D eigenvalue weighted by molar-refractivity contribution is 0.101. The van der Waals surface area contributed by atoms with Crippen molar-refractivity contribution < 1.29 is 4.79 Å². The molecule has 1 saturated heterocycles. The minimum atomic E-state index is -0.0747. The number of aromatic amines is 1. The van der Waals surface area contributed by atoms with Gasteiger partial charge in [-0.2, -0.15) is 0 Å². The monoisotopic (exact) mass is 414 g/mol. The Morgan fingerprint density at radius 3 is 2.61 bits per heavy atom. The van der Waals surface area contributed by atoms with E-state index in [-0.39, 0.29) is 11.3 Å². The third kappa shape index (κ3) is 3.91. The summed E-state index contributed by atoms with van der Waals surface area (Å²) in [4.78, 5) is 36.2. The molecular formula is C25H26N4O2. The number of benzene rings is 1. The van der Waals surface area contributed by atoms with Crippen molar-refractivity contribution in [3.63, 3.8) is 0 Å². The molecule has 6 heteroatoms. The van der Waals surface area contributed by atoms with E-state index in [1.807, 2.05) is 36.4 Å². The molecule has 0 saturated carbocycles. The fourth-order valence-corrected chi connectivity index (χ4v) is 4.69. The Morgan fingerprint density at radius 1 is 1.10 bits per heavy atom. The summed E-state index contributed by atoms with van der Waals surface area (Å²) in [6.45, 7) is 5.53. The molecule has 1 atom stereocenters. The zero-order chi connectivity index (χ0) is 21.4. The number of carbonyl (C=O) groups is 1. The van der Waals surface area contributed by atoms with Crippen LogP contribution in [0, 0.1) is 0 Å². The number of carbonyl (C=O) groups excluding carboxylic acids is 1. The first-order chi connectivity index (χ1) is 15.1. The minimum Gasteiger partial charge on any atom is -0.369 e. The first-order valence-electron chi connectivity index (χ1n) is 10.9. The molecule has 158 valence electrons. The van der Waals surface area contributed by atoms with Gasteiger partial charge in [0.25, 0.3) is 5.56 Å². The van der Waals surface area contributed by atoms with E-state index in [1.165, 1.54) is 11.3 Å². The van der Waals surface area contributed by atoms with Crippen LogP contribution in [0.25, 0.3) is 16.5 Å². The van der Waals surface area contributed by atoms with Crippen LogP contribution < -0.4 is 10.5 Å². The third-order valence-corrected chi connectivity index (χ3v) is 6.48. The van der Waals surface area contributed by atoms with E-state index in [2.05, 4.69) is 25.8 Å². The molecule has 5 rings (SSSR count). The van der Waals surface area contributed by atoms with Gasteiger partial charge in [0.15, 0.2) is 5.78 Å². The van der Waals surface area contributed by atoms with E-state index < -0.39 is 0 Å². The second-order valence-electron chi connectivity index (χ2n) is 8.37. The molecular weight excluding hydrogens is 388 g/mol. The number of anilines is 1. The van der Waals surface area contributed by atoms with E-state index in [0.717, 1.165) is 55.8 Å². The van der Waals surface area contributed by atoms with Gasteiger partial charge in [-0.1, -0.05) is 6.08 Å². The normalized spacial score (nSPS) is 19.6. The van der Waals surface area contributed by atoms with Crippen LogP contribution >= 0.6 is 0 Å². The van der Waals surface area contributed by atoms with Crippen molar-refractivity contribution >= 4 is 27.9 Å². The number of Topliss-reactive ketones (excluding diaryl/α,β-unsaturated/α-hetero) is 1. The highest BCUT2D eigenvalue weighted by Crippen LogP contribution is 2.31. The average Bonchev–Trinajstić information content (AvgIpc) is 3.30. The Kier molecular flexibility index (Phi) is 5.16. The average molecular weight is 415 g/mol. The molecule has 3 aromatic rings. The number of hydrogen-bond acceptors (Lipinski definition) is 5. The van der Waals surface area contributed by atoms with E-state index in [0.29, 0.717) is 11.4 Å². The lowest BCUT2D eigenvalue weighted by Gasteiger charge is -2.38. The summed E-state index contributed by atoms with van der Waals surface area (Å²) < 4.78 is 0. The van der Waals surface area contributed by atoms with Crippen LogP contribution in [0.4, 0.5) is 5.69 Å². The molecule has 1 aliphatic carbocycles. The molecule has 0 unspecified atom stereocenters. The molecule has 0 radical (unpaired) electrons. The minimum absolute atomic E-state index is 0.0747. The summed E-state index contributed by atoms with van der Waals surface area (Å²) in [6.07, 6.45) is 6.08. The lowest BCUT2D eigenvalue weighted by Crippen LogP contribution is -2.49. The molecule has 1 aliphatic heterocycles. The predicted octanol–water partition coefficient (Wildman–Crippen LogP) is 3.49. The smallest absolute Gasteiger partial charge is 0.257 e. The molecule has 3 heterocycles. The number of fused-ring (bicyclic) bond motifs is 1. The van der Waals surface area contributed by atoms with Crippen LogP contribution in [-0.2, 0) is 0 Å². The van der Waals surface area contributed by atoms with Gasteiger partial charge in [0.05, 0.1) is 10.9 Å². The standard InChI is InChI=1S/C25H26N4O2/c1-17(30)18-4-7-20(8-5-18)28-11-13-29(14-12-28)21-9-6-19(15-21)23-16-24-22(25(31)27-23)3-2-10-26-24/h2-5,7-8,10,15-16,21H,6,9,11-14H2,1H3,(H,27,31)/t21-/m1/s1. The summed E-state index contributed by atoms with van der Waals surface area (Å²) in [5, 5.41) is 0.633. The Bertz CT molecular complexity index is 1200. The van der Waals surface area contributed by atoms with Gasteiger partial charge in [-0.25, -0.2) is 0 Å². The molecule has 1 aromatic carbocycles. The predicted molar refractivity (Wildman–Crippen MR) is 124 cm³/mol. The summed E-state index contributed by atoms with van der Waals surface area (Å²) in [7, 11) is 0. The summed E-state index contributed by atoms with van der Waals surface area (Å²) in [5.74, 6) is 0.101. The van der Waals surface area contributed by atoms with Crippen LogP contribution in [0.5, 0.6) is 0 Å². The Labute approximate surface area is 181 Å². The van der Waals surface area contributed by atoms with Gasteiger partial charge in [0.2, 0.25) is 0 Å². The van der Waals surface area contributed by atoms with Crippen molar-refractivity contribution in [3.05, 3.63) is 76.3 Å². The number of nitrogens with one attached hydrogen (secondary N) is 1. The SMILES string of the molecule is CC(=O)c1ccc(N2CCN([C@H]3C=C(c4cc5ncccc5c(=O)[nH]4)CC3)CC2)cc1. The topological polar surface area (TPSA) is 69.3 Å². The van der Waals surface area contributed by atoms with Crippen molar-refractivity contribution in [2.75, 3.05) is 31.1 Å². The van der Waals surface area contributed by atoms with Gasteiger partial charge in [0.1, 0.15) is 0 Å². The zero-order valence-electron chi connectivity index (χ0n) is 17.7. The number of ketones is 1. The summed E-state index contributed by atoms with van der Waals surface area (Å²) >= 11 is 0. The molecule has 2 aromatic heterocycles. The van der Waals surface area contributed by atoms with Gasteiger partial charge < -0.3 is 9.88 Å². The number of allylic oxidation sites excluding steroid dienone is 1. The summed E-state index contributed by atoms with van der Waals surface area (Å²) in [6, 6.07) is 13.9. The quantitative estimate of drug-likeness (QED) is 0.662. The van der Waals surface area contributed by atoms with Crippen LogP contribution in [-0.4, -0.2) is 52.9 Å². The van der Waals surface area contributed by atoms with Crippen LogP contribution in [0.2, 0.25) is 0 Å². The van der Waals surface area contributed by atoms with Crippen LogP contribution in [0.1, 0.15) is 35.8 Å². The maximum absolute atomic E-state index is 12.4. The number of rotatable bonds is 4. The number of H-pyrrole nitrogens is 1. The molecule has 0 amide bonds. The Hall–Kier alpha value is -3.25. The van der Waals surface area contributed by atoms with Crippen molar-refractivity contribution in [1.82, 2.24) is 14.9 Å². The Balaban J connectivity index is 1.27. The van der Waals surface area contributed by atoms with Crippen molar-refractivity contribution in [2.24, 2.45) is 0 Å². The molecule has 6 nitrogen and oxygen atoms in total.